The average molecular weight is 305 g/mol. The molecule has 1 aliphatic heterocycles. The van der Waals surface area contributed by atoms with Gasteiger partial charge >= 0.3 is 5.76 Å². The van der Waals surface area contributed by atoms with Crippen LogP contribution in [0.3, 0.4) is 0 Å². The maximum atomic E-state index is 12.4. The summed E-state index contributed by atoms with van der Waals surface area (Å²) in [6.45, 7) is 3.25. The number of aliphatic hydroxyl groups excluding tert-OH is 1. The minimum absolute atomic E-state index is 0.119. The van der Waals surface area contributed by atoms with Crippen LogP contribution in [0.25, 0.3) is 0 Å². The van der Waals surface area contributed by atoms with Crippen molar-refractivity contribution in [3.8, 4) is 0 Å². The van der Waals surface area contributed by atoms with Crippen molar-refractivity contribution in [3.05, 3.63) is 24.3 Å². The summed E-state index contributed by atoms with van der Waals surface area (Å²) in [5, 5.41) is 9.66. The van der Waals surface area contributed by atoms with Gasteiger partial charge in [0.2, 0.25) is 9.84 Å². The first-order valence-corrected chi connectivity index (χ1v) is 7.92. The van der Waals surface area contributed by atoms with Gasteiger partial charge in [0.25, 0.3) is 0 Å². The van der Waals surface area contributed by atoms with Crippen molar-refractivity contribution in [2.45, 2.75) is 30.1 Å². The third-order valence-corrected chi connectivity index (χ3v) is 5.02. The fraction of sp³-hybridized carbons (Fsp3) is 0.538. The molecular weight excluding hydrogens is 288 g/mol. The minimum atomic E-state index is -4.54. The molecule has 112 valence electrons. The van der Waals surface area contributed by atoms with Gasteiger partial charge in [-0.25, -0.2) is 8.42 Å². The highest BCUT2D eigenvalue weighted by Crippen LogP contribution is 2.26. The summed E-state index contributed by atoms with van der Waals surface area (Å²) >= 11 is 0. The van der Waals surface area contributed by atoms with Crippen molar-refractivity contribution in [2.75, 3.05) is 18.0 Å². The van der Waals surface area contributed by atoms with E-state index in [1.54, 1.807) is 0 Å². The number of rotatable bonds is 3. The Labute approximate surface area is 116 Å². The molecule has 0 aromatic heterocycles. The Kier molecular flexibility index (Phi) is 4.29. The monoisotopic (exact) mass is 305 g/mol. The fourth-order valence-electron chi connectivity index (χ4n) is 2.32. The molecule has 1 aliphatic rings. The maximum Gasteiger partial charge on any atom is 0.341 e. The number of piperidine rings is 1. The molecule has 1 fully saturated rings. The summed E-state index contributed by atoms with van der Waals surface area (Å²) < 4.78 is 47.5. The predicted molar refractivity (Wildman–Crippen MR) is 71.6 cm³/mol. The first-order valence-electron chi connectivity index (χ1n) is 6.37. The number of benzene rings is 1. The molecule has 1 heterocycles. The molecule has 0 spiro atoms. The van der Waals surface area contributed by atoms with Crippen molar-refractivity contribution < 1.29 is 22.3 Å². The molecule has 20 heavy (non-hydrogen) atoms. The zero-order valence-corrected chi connectivity index (χ0v) is 11.9. The first-order chi connectivity index (χ1) is 9.32. The zero-order chi connectivity index (χ0) is 14.9. The lowest BCUT2D eigenvalue weighted by Gasteiger charge is -2.36. The van der Waals surface area contributed by atoms with Gasteiger partial charge < -0.3 is 10.0 Å². The third kappa shape index (κ3) is 2.93. The van der Waals surface area contributed by atoms with Gasteiger partial charge in [0.1, 0.15) is 0 Å². The summed E-state index contributed by atoms with van der Waals surface area (Å²) in [5.41, 5.74) is 0.775. The quantitative estimate of drug-likeness (QED) is 0.926. The number of alkyl halides is 2. The van der Waals surface area contributed by atoms with Crippen molar-refractivity contribution in [2.24, 2.45) is 5.92 Å². The van der Waals surface area contributed by atoms with Gasteiger partial charge in [-0.2, -0.15) is 8.78 Å². The largest absolute Gasteiger partial charge is 0.393 e. The highest BCUT2D eigenvalue weighted by atomic mass is 32.2. The number of hydrogen-bond acceptors (Lipinski definition) is 4. The normalized spacial score (nSPS) is 24.1. The Bertz CT molecular complexity index is 559. The van der Waals surface area contributed by atoms with Crippen LogP contribution < -0.4 is 4.90 Å². The second-order valence-electron chi connectivity index (χ2n) is 5.08. The molecule has 0 saturated carbocycles. The molecule has 0 amide bonds. The number of aliphatic hydroxyl groups is 1. The minimum Gasteiger partial charge on any atom is -0.393 e. The lowest BCUT2D eigenvalue weighted by molar-refractivity contribution is 0.0971. The third-order valence-electron chi connectivity index (χ3n) is 3.62. The standard InChI is InChI=1S/C13H17F2NO3S/c1-9-8-16(7-6-12(9)17)10-2-4-11(5-3-10)20(18,19)13(14)15/h2-5,9,12-13,17H,6-8H2,1H3. The van der Waals surface area contributed by atoms with E-state index in [2.05, 4.69) is 0 Å². The highest BCUT2D eigenvalue weighted by Gasteiger charge is 2.27. The topological polar surface area (TPSA) is 57.6 Å². The molecule has 4 nitrogen and oxygen atoms in total. The maximum absolute atomic E-state index is 12.4. The van der Waals surface area contributed by atoms with Crippen LogP contribution in [0.2, 0.25) is 0 Å². The van der Waals surface area contributed by atoms with E-state index in [-0.39, 0.29) is 16.9 Å². The molecule has 1 N–H and O–H groups in total. The Morgan fingerprint density at radius 3 is 2.40 bits per heavy atom. The Hall–Kier alpha value is -1.21. The first kappa shape index (κ1) is 15.2. The van der Waals surface area contributed by atoms with E-state index in [1.807, 2.05) is 11.8 Å². The van der Waals surface area contributed by atoms with Crippen molar-refractivity contribution in [1.29, 1.82) is 0 Å². The van der Waals surface area contributed by atoms with E-state index in [9.17, 15) is 22.3 Å². The van der Waals surface area contributed by atoms with Gasteiger partial charge in [0, 0.05) is 18.8 Å². The molecule has 1 aromatic carbocycles. The van der Waals surface area contributed by atoms with Crippen molar-refractivity contribution in [3.63, 3.8) is 0 Å². The fourth-order valence-corrected chi connectivity index (χ4v) is 3.04. The van der Waals surface area contributed by atoms with Gasteiger partial charge in [-0.15, -0.1) is 0 Å². The van der Waals surface area contributed by atoms with Crippen LogP contribution in [0.4, 0.5) is 14.5 Å². The van der Waals surface area contributed by atoms with Crippen LogP contribution in [0.5, 0.6) is 0 Å². The molecule has 0 aliphatic carbocycles. The van der Waals surface area contributed by atoms with E-state index < -0.39 is 15.6 Å². The van der Waals surface area contributed by atoms with Gasteiger partial charge in [0.05, 0.1) is 11.0 Å². The average Bonchev–Trinajstić information content (AvgIpc) is 2.42. The molecule has 0 radical (unpaired) electrons. The predicted octanol–water partition coefficient (Wildman–Crippen LogP) is 1.89. The summed E-state index contributed by atoms with van der Waals surface area (Å²) in [5.74, 6) is -3.29. The van der Waals surface area contributed by atoms with E-state index in [4.69, 9.17) is 0 Å². The Balaban J connectivity index is 2.17. The van der Waals surface area contributed by atoms with E-state index in [0.29, 0.717) is 19.5 Å². The Morgan fingerprint density at radius 2 is 1.90 bits per heavy atom. The summed E-state index contributed by atoms with van der Waals surface area (Å²) in [6.07, 6.45) is 0.308. The van der Waals surface area contributed by atoms with Crippen LogP contribution in [0, 0.1) is 5.92 Å². The molecule has 2 atom stereocenters. The molecular formula is C13H17F2NO3S. The van der Waals surface area contributed by atoms with E-state index >= 15 is 0 Å². The number of nitrogens with zero attached hydrogens (tertiary/aromatic N) is 1. The lowest BCUT2D eigenvalue weighted by atomic mass is 9.96. The van der Waals surface area contributed by atoms with Crippen LogP contribution in [0.15, 0.2) is 29.2 Å². The lowest BCUT2D eigenvalue weighted by Crippen LogP contribution is -2.41. The molecule has 0 bridgehead atoms. The Morgan fingerprint density at radius 1 is 1.30 bits per heavy atom. The molecule has 2 unspecified atom stereocenters. The molecule has 1 aromatic rings. The van der Waals surface area contributed by atoms with Crippen LogP contribution >= 0.6 is 0 Å². The number of halogens is 2. The second kappa shape index (κ2) is 5.65. The second-order valence-corrected chi connectivity index (χ2v) is 7.00. The van der Waals surface area contributed by atoms with Crippen LogP contribution in [0.1, 0.15) is 13.3 Å². The molecule has 2 rings (SSSR count). The molecule has 1 saturated heterocycles. The molecule has 7 heteroatoms. The summed E-state index contributed by atoms with van der Waals surface area (Å²) in [7, 11) is -4.54. The number of hydrogen-bond donors (Lipinski definition) is 1. The van der Waals surface area contributed by atoms with Gasteiger partial charge in [-0.1, -0.05) is 6.92 Å². The highest BCUT2D eigenvalue weighted by molar-refractivity contribution is 7.91. The van der Waals surface area contributed by atoms with Gasteiger partial charge in [-0.05, 0) is 36.6 Å². The number of anilines is 1. The number of sulfone groups is 1. The van der Waals surface area contributed by atoms with Crippen molar-refractivity contribution >= 4 is 15.5 Å². The van der Waals surface area contributed by atoms with E-state index in [0.717, 1.165) is 5.69 Å². The smallest absolute Gasteiger partial charge is 0.341 e. The van der Waals surface area contributed by atoms with Crippen molar-refractivity contribution in [1.82, 2.24) is 0 Å². The van der Waals surface area contributed by atoms with Crippen LogP contribution in [-0.2, 0) is 9.84 Å². The van der Waals surface area contributed by atoms with Gasteiger partial charge in [0.15, 0.2) is 0 Å². The summed E-state index contributed by atoms with van der Waals surface area (Å²) in [4.78, 5) is 1.64. The van der Waals surface area contributed by atoms with E-state index in [1.165, 1.54) is 24.3 Å². The summed E-state index contributed by atoms with van der Waals surface area (Å²) in [6, 6.07) is 5.46. The SMILES string of the molecule is CC1CN(c2ccc(S(=O)(=O)C(F)F)cc2)CCC1O. The zero-order valence-electron chi connectivity index (χ0n) is 11.0. The van der Waals surface area contributed by atoms with Gasteiger partial charge in [-0.3, -0.25) is 0 Å². The van der Waals surface area contributed by atoms with Crippen LogP contribution in [-0.4, -0.2) is 38.5 Å².